The zero-order chi connectivity index (χ0) is 14.8. The number of hydrogen-bond donors (Lipinski definition) is 0. The highest BCUT2D eigenvalue weighted by molar-refractivity contribution is 6.02. The summed E-state index contributed by atoms with van der Waals surface area (Å²) in [5.41, 5.74) is -0.737. The lowest BCUT2D eigenvalue weighted by Gasteiger charge is -2.10. The summed E-state index contributed by atoms with van der Waals surface area (Å²) in [5, 5.41) is 0. The Morgan fingerprint density at radius 3 is 2.00 bits per heavy atom. The average Bonchev–Trinajstić information content (AvgIpc) is 2.36. The monoisotopic (exact) mass is 276 g/mol. The van der Waals surface area contributed by atoms with Crippen LogP contribution in [0.3, 0.4) is 0 Å². The average molecular weight is 276 g/mol. The molecule has 0 spiro atoms. The molecule has 0 aromatic heterocycles. The fourth-order valence-corrected chi connectivity index (χ4v) is 1.10. The Balaban J connectivity index is 5.10. The Bertz CT molecular complexity index is 363. The Labute approximate surface area is 110 Å². The van der Waals surface area contributed by atoms with E-state index in [9.17, 15) is 18.8 Å². The minimum absolute atomic E-state index is 0.0193. The van der Waals surface area contributed by atoms with E-state index in [1.165, 1.54) is 13.8 Å². The number of halogens is 1. The molecule has 0 N–H and O–H groups in total. The van der Waals surface area contributed by atoms with Crippen LogP contribution in [-0.4, -0.2) is 43.9 Å². The molecule has 0 aromatic carbocycles. The Kier molecular flexibility index (Phi) is 8.15. The summed E-state index contributed by atoms with van der Waals surface area (Å²) < 4.78 is 27.3. The molecule has 7 heteroatoms. The molecule has 0 fully saturated rings. The highest BCUT2D eigenvalue weighted by Crippen LogP contribution is 2.12. The molecule has 0 bridgehead atoms. The van der Waals surface area contributed by atoms with Crippen molar-refractivity contribution >= 4 is 17.9 Å². The molecule has 1 atom stereocenters. The standard InChI is InChI=1S/C12H17FO6/c1-4-17-9(14)7-8(11(15)18-5-2)10(13)12(16)19-6-3/h7,10H,4-6H2,1-3H3/b8-7-. The van der Waals surface area contributed by atoms with Crippen molar-refractivity contribution in [3.8, 4) is 0 Å². The lowest BCUT2D eigenvalue weighted by atomic mass is 10.1. The van der Waals surface area contributed by atoms with Crippen molar-refractivity contribution in [2.75, 3.05) is 19.8 Å². The molecule has 0 aromatic rings. The van der Waals surface area contributed by atoms with Crippen LogP contribution in [0.25, 0.3) is 0 Å². The number of alkyl halides is 1. The van der Waals surface area contributed by atoms with Gasteiger partial charge >= 0.3 is 17.9 Å². The second-order valence-corrected chi connectivity index (χ2v) is 3.19. The summed E-state index contributed by atoms with van der Waals surface area (Å²) >= 11 is 0. The molecule has 19 heavy (non-hydrogen) atoms. The van der Waals surface area contributed by atoms with E-state index in [2.05, 4.69) is 14.2 Å². The summed E-state index contributed by atoms with van der Waals surface area (Å²) in [6.07, 6.45) is -1.79. The van der Waals surface area contributed by atoms with E-state index < -0.39 is 29.7 Å². The predicted molar refractivity (Wildman–Crippen MR) is 62.9 cm³/mol. The van der Waals surface area contributed by atoms with Gasteiger partial charge in [0.05, 0.1) is 25.4 Å². The summed E-state index contributed by atoms with van der Waals surface area (Å²) in [4.78, 5) is 33.9. The van der Waals surface area contributed by atoms with Crippen molar-refractivity contribution in [1.82, 2.24) is 0 Å². The van der Waals surface area contributed by atoms with Crippen molar-refractivity contribution in [2.45, 2.75) is 26.9 Å². The fourth-order valence-electron chi connectivity index (χ4n) is 1.10. The first-order valence-electron chi connectivity index (χ1n) is 5.84. The van der Waals surface area contributed by atoms with Gasteiger partial charge in [0.15, 0.2) is 0 Å². The van der Waals surface area contributed by atoms with Crippen LogP contribution in [0, 0.1) is 0 Å². The molecule has 1 unspecified atom stereocenters. The number of carbonyl (C=O) groups is 3. The van der Waals surface area contributed by atoms with Crippen LogP contribution in [-0.2, 0) is 28.6 Å². The quantitative estimate of drug-likeness (QED) is 0.391. The maximum atomic E-state index is 13.8. The molecular formula is C12H17FO6. The van der Waals surface area contributed by atoms with Gasteiger partial charge in [-0.2, -0.15) is 0 Å². The first-order valence-corrected chi connectivity index (χ1v) is 5.84. The summed E-state index contributed by atoms with van der Waals surface area (Å²) in [5.74, 6) is -3.29. The molecule has 6 nitrogen and oxygen atoms in total. The third-order valence-corrected chi connectivity index (χ3v) is 1.84. The van der Waals surface area contributed by atoms with Gasteiger partial charge in [0, 0.05) is 6.08 Å². The molecule has 0 amide bonds. The molecular weight excluding hydrogens is 259 g/mol. The third-order valence-electron chi connectivity index (χ3n) is 1.84. The van der Waals surface area contributed by atoms with Gasteiger partial charge in [0.1, 0.15) is 0 Å². The Hall–Kier alpha value is -1.92. The number of esters is 3. The van der Waals surface area contributed by atoms with E-state index in [4.69, 9.17) is 0 Å². The van der Waals surface area contributed by atoms with E-state index in [-0.39, 0.29) is 19.8 Å². The number of rotatable bonds is 7. The van der Waals surface area contributed by atoms with Crippen LogP contribution >= 0.6 is 0 Å². The maximum Gasteiger partial charge on any atom is 0.345 e. The minimum atomic E-state index is -2.39. The van der Waals surface area contributed by atoms with Gasteiger partial charge in [-0.15, -0.1) is 0 Å². The van der Waals surface area contributed by atoms with Gasteiger partial charge in [-0.25, -0.2) is 18.8 Å². The summed E-state index contributed by atoms with van der Waals surface area (Å²) in [6, 6.07) is 0. The SMILES string of the molecule is CCOC(=O)/C=C(\C(=O)OCC)C(F)C(=O)OCC. The van der Waals surface area contributed by atoms with E-state index in [1.54, 1.807) is 6.92 Å². The van der Waals surface area contributed by atoms with Crippen LogP contribution in [0.15, 0.2) is 11.6 Å². The lowest BCUT2D eigenvalue weighted by molar-refractivity contribution is -0.151. The van der Waals surface area contributed by atoms with Crippen LogP contribution in [0.5, 0.6) is 0 Å². The zero-order valence-corrected chi connectivity index (χ0v) is 11.1. The topological polar surface area (TPSA) is 78.9 Å². The third kappa shape index (κ3) is 5.98. The number of ether oxygens (including phenoxy) is 3. The first kappa shape index (κ1) is 17.1. The van der Waals surface area contributed by atoms with Crippen LogP contribution in [0.1, 0.15) is 20.8 Å². The summed E-state index contributed by atoms with van der Waals surface area (Å²) in [7, 11) is 0. The van der Waals surface area contributed by atoms with Crippen LogP contribution < -0.4 is 0 Å². The van der Waals surface area contributed by atoms with Gasteiger partial charge in [-0.3, -0.25) is 0 Å². The van der Waals surface area contributed by atoms with E-state index >= 15 is 0 Å². The molecule has 0 radical (unpaired) electrons. The molecule has 0 aliphatic rings. The largest absolute Gasteiger partial charge is 0.464 e. The van der Waals surface area contributed by atoms with E-state index in [0.717, 1.165) is 0 Å². The van der Waals surface area contributed by atoms with Crippen LogP contribution in [0.2, 0.25) is 0 Å². The van der Waals surface area contributed by atoms with Gasteiger partial charge in [0.25, 0.3) is 0 Å². The van der Waals surface area contributed by atoms with Crippen LogP contribution in [0.4, 0.5) is 4.39 Å². The molecule has 0 saturated heterocycles. The molecule has 0 heterocycles. The number of hydrogen-bond acceptors (Lipinski definition) is 6. The maximum absolute atomic E-state index is 13.8. The van der Waals surface area contributed by atoms with Crippen molar-refractivity contribution in [3.05, 3.63) is 11.6 Å². The van der Waals surface area contributed by atoms with Gasteiger partial charge in [0.2, 0.25) is 6.17 Å². The van der Waals surface area contributed by atoms with Crippen molar-refractivity contribution in [3.63, 3.8) is 0 Å². The first-order chi connectivity index (χ1) is 8.97. The van der Waals surface area contributed by atoms with Crippen molar-refractivity contribution in [2.24, 2.45) is 0 Å². The second-order valence-electron chi connectivity index (χ2n) is 3.19. The van der Waals surface area contributed by atoms with Gasteiger partial charge in [-0.1, -0.05) is 0 Å². The molecule has 0 aliphatic heterocycles. The van der Waals surface area contributed by atoms with Gasteiger partial charge < -0.3 is 14.2 Å². The normalized spacial score (nSPS) is 12.5. The molecule has 108 valence electrons. The zero-order valence-electron chi connectivity index (χ0n) is 11.1. The summed E-state index contributed by atoms with van der Waals surface area (Å²) in [6.45, 7) is 4.54. The Morgan fingerprint density at radius 2 is 1.53 bits per heavy atom. The second kappa shape index (κ2) is 9.07. The van der Waals surface area contributed by atoms with Crippen molar-refractivity contribution < 1.29 is 33.0 Å². The van der Waals surface area contributed by atoms with Crippen molar-refractivity contribution in [1.29, 1.82) is 0 Å². The smallest absolute Gasteiger partial charge is 0.345 e. The van der Waals surface area contributed by atoms with E-state index in [1.807, 2.05) is 0 Å². The highest BCUT2D eigenvalue weighted by Gasteiger charge is 2.30. The predicted octanol–water partition coefficient (Wildman–Crippen LogP) is 0.940. The van der Waals surface area contributed by atoms with E-state index in [0.29, 0.717) is 6.08 Å². The lowest BCUT2D eigenvalue weighted by Crippen LogP contribution is -2.27. The Morgan fingerprint density at radius 1 is 1.00 bits per heavy atom. The van der Waals surface area contributed by atoms with Gasteiger partial charge in [-0.05, 0) is 20.8 Å². The fraction of sp³-hybridized carbons (Fsp3) is 0.583. The molecule has 0 saturated carbocycles. The molecule has 0 aliphatic carbocycles. The molecule has 0 rings (SSSR count). The number of carbonyl (C=O) groups excluding carboxylic acids is 3. The highest BCUT2D eigenvalue weighted by atomic mass is 19.1. The minimum Gasteiger partial charge on any atom is -0.464 e.